The number of benzene rings is 2. The highest BCUT2D eigenvalue weighted by Crippen LogP contribution is 2.27. The number of ether oxygens (including phenoxy) is 1. The van der Waals surface area contributed by atoms with Crippen LogP contribution in [0.5, 0.6) is 5.75 Å². The Bertz CT molecular complexity index is 1540. The number of imidazole rings is 1. The lowest BCUT2D eigenvalue weighted by molar-refractivity contribution is -0.0384. The average Bonchev–Trinajstić information content (AvgIpc) is 3.69. The third kappa shape index (κ3) is 6.27. The summed E-state index contributed by atoms with van der Waals surface area (Å²) in [6.07, 6.45) is 11.5. The maximum absolute atomic E-state index is 12.6. The molecule has 2 aromatic carbocycles. The summed E-state index contributed by atoms with van der Waals surface area (Å²) in [5.74, 6) is 1.43. The molecular weight excluding hydrogens is 521 g/mol. The van der Waals surface area contributed by atoms with Gasteiger partial charge in [-0.05, 0) is 48.0 Å². The summed E-state index contributed by atoms with van der Waals surface area (Å²) in [6.45, 7) is 0.735. The summed E-state index contributed by atoms with van der Waals surface area (Å²) in [5.41, 5.74) is -2.05. The highest BCUT2D eigenvalue weighted by atomic mass is 32.2. The number of nitrogens with zero attached hydrogens (tertiary/aromatic N) is 4. The van der Waals surface area contributed by atoms with Crippen LogP contribution in [0.3, 0.4) is 0 Å². The monoisotopic (exact) mass is 540 g/mol. The van der Waals surface area contributed by atoms with E-state index >= 15 is 0 Å². The summed E-state index contributed by atoms with van der Waals surface area (Å²) in [4.78, 5) is 12.5. The quantitative estimate of drug-likeness (QED) is 0.228. The Morgan fingerprint density at radius 3 is 2.42 bits per heavy atom. The van der Waals surface area contributed by atoms with Crippen LogP contribution in [0.25, 0.3) is 23.6 Å². The molecule has 0 spiro atoms. The molecule has 0 saturated carbocycles. The molecule has 0 amide bonds. The van der Waals surface area contributed by atoms with Crippen LogP contribution in [0.4, 0.5) is 13.2 Å². The van der Waals surface area contributed by atoms with Crippen LogP contribution in [0.2, 0.25) is 0 Å². The van der Waals surface area contributed by atoms with Gasteiger partial charge in [-0.25, -0.2) is 19.2 Å². The second-order valence-corrected chi connectivity index (χ2v) is 9.46. The molecule has 0 aliphatic heterocycles. The molecule has 1 unspecified atom stereocenters. The minimum atomic E-state index is -4.79. The van der Waals surface area contributed by atoms with Crippen molar-refractivity contribution in [2.75, 3.05) is 0 Å². The topological polar surface area (TPSA) is 96.2 Å². The zero-order valence-corrected chi connectivity index (χ0v) is 20.4. The van der Waals surface area contributed by atoms with Crippen LogP contribution in [-0.4, -0.2) is 29.2 Å². The third-order valence-electron chi connectivity index (χ3n) is 5.24. The molecule has 5 rings (SSSR count). The van der Waals surface area contributed by atoms with Crippen molar-refractivity contribution in [3.05, 3.63) is 103 Å². The molecule has 194 valence electrons. The first-order valence-electron chi connectivity index (χ1n) is 11.2. The number of halogens is 3. The predicted octanol–water partition coefficient (Wildman–Crippen LogP) is 5.95. The first kappa shape index (κ1) is 25.2. The fourth-order valence-corrected chi connectivity index (χ4v) is 4.05. The largest absolute Gasteiger partial charge is 0.487 e. The minimum absolute atomic E-state index is 0.169. The molecule has 38 heavy (non-hydrogen) atoms. The van der Waals surface area contributed by atoms with E-state index in [4.69, 9.17) is 13.6 Å². The van der Waals surface area contributed by atoms with Crippen molar-refractivity contribution < 1.29 is 31.0 Å². The Morgan fingerprint density at radius 2 is 1.71 bits per heavy atom. The second kappa shape index (κ2) is 10.9. The van der Waals surface area contributed by atoms with Crippen LogP contribution in [0, 0.1) is 0 Å². The molecular formula is C26H19F3N4O4S. The molecule has 3 heterocycles. The van der Waals surface area contributed by atoms with E-state index in [9.17, 15) is 17.4 Å². The average molecular weight is 541 g/mol. The molecule has 12 heteroatoms. The number of rotatable bonds is 9. The van der Waals surface area contributed by atoms with Crippen molar-refractivity contribution >= 4 is 23.0 Å². The fraction of sp³-hybridized carbons (Fsp3) is 0.115. The van der Waals surface area contributed by atoms with Crippen LogP contribution in [0.15, 0.2) is 93.5 Å². The van der Waals surface area contributed by atoms with Crippen molar-refractivity contribution in [3.8, 4) is 17.2 Å². The summed E-state index contributed by atoms with van der Waals surface area (Å²) >= 11 is 0. The predicted molar refractivity (Wildman–Crippen MR) is 132 cm³/mol. The van der Waals surface area contributed by atoms with Crippen LogP contribution in [0.1, 0.15) is 22.8 Å². The first-order chi connectivity index (χ1) is 18.3. The molecule has 5 aromatic rings. The lowest BCUT2D eigenvalue weighted by Crippen LogP contribution is -2.16. The zero-order chi connectivity index (χ0) is 26.5. The molecule has 8 nitrogen and oxygen atoms in total. The van der Waals surface area contributed by atoms with Gasteiger partial charge < -0.3 is 18.1 Å². The van der Waals surface area contributed by atoms with Gasteiger partial charge >= 0.3 is 5.51 Å². The van der Waals surface area contributed by atoms with Gasteiger partial charge in [0.15, 0.2) is 10.8 Å². The molecule has 3 aromatic heterocycles. The first-order valence-corrected chi connectivity index (χ1v) is 12.3. The Kier molecular flexibility index (Phi) is 7.22. The summed E-state index contributed by atoms with van der Waals surface area (Å²) in [7, 11) is -3.06. The van der Waals surface area contributed by atoms with Crippen LogP contribution in [-0.2, 0) is 24.0 Å². The summed E-state index contributed by atoms with van der Waals surface area (Å²) in [6, 6.07) is 12.5. The summed E-state index contributed by atoms with van der Waals surface area (Å²) in [5, 5.41) is 0. The smallest absolute Gasteiger partial charge is 0.475 e. The standard InChI is InChI=1S/C26H19F3N4O4S/c27-26(28,29)38(34)23-8-1-18(2-9-23)3-10-24-31-21(16-36-24)15-35-22-6-4-19(5-7-22)25-32-20(14-37-25)13-33-12-11-30-17-33/h1-12,14,16-17H,13,15H2. The van der Waals surface area contributed by atoms with E-state index in [-0.39, 0.29) is 11.5 Å². The van der Waals surface area contributed by atoms with Gasteiger partial charge in [0.2, 0.25) is 11.8 Å². The maximum Gasteiger partial charge on any atom is 0.475 e. The van der Waals surface area contributed by atoms with Gasteiger partial charge in [0.25, 0.3) is 0 Å². The SMILES string of the molecule is O=S(c1ccc(C=Cc2nc(COc3ccc(-c4nc(Cn5ccnc5)co4)cc3)co2)cc1)C(F)(F)F. The fourth-order valence-electron chi connectivity index (χ4n) is 3.40. The van der Waals surface area contributed by atoms with E-state index < -0.39 is 16.3 Å². The van der Waals surface area contributed by atoms with E-state index in [1.807, 2.05) is 22.9 Å². The number of hydrogen-bond acceptors (Lipinski definition) is 7. The molecule has 0 saturated heterocycles. The number of hydrogen-bond donors (Lipinski definition) is 0. The third-order valence-corrected chi connectivity index (χ3v) is 6.36. The Morgan fingerprint density at radius 1 is 0.947 bits per heavy atom. The maximum atomic E-state index is 12.6. The highest BCUT2D eigenvalue weighted by molar-refractivity contribution is 7.86. The molecule has 0 aliphatic carbocycles. The Balaban J connectivity index is 1.14. The second-order valence-electron chi connectivity index (χ2n) is 7.99. The summed E-state index contributed by atoms with van der Waals surface area (Å²) < 4.78 is 67.7. The van der Waals surface area contributed by atoms with Crippen molar-refractivity contribution in [1.29, 1.82) is 0 Å². The number of aromatic nitrogens is 4. The molecule has 0 N–H and O–H groups in total. The zero-order valence-electron chi connectivity index (χ0n) is 19.5. The van der Waals surface area contributed by atoms with Crippen molar-refractivity contribution in [3.63, 3.8) is 0 Å². The van der Waals surface area contributed by atoms with Crippen LogP contribution >= 0.6 is 0 Å². The van der Waals surface area contributed by atoms with E-state index in [1.54, 1.807) is 43.1 Å². The lowest BCUT2D eigenvalue weighted by Gasteiger charge is -2.05. The normalized spacial score (nSPS) is 12.7. The van der Waals surface area contributed by atoms with E-state index in [0.717, 1.165) is 11.3 Å². The van der Waals surface area contributed by atoms with E-state index in [0.29, 0.717) is 35.3 Å². The number of alkyl halides is 3. The molecule has 0 aliphatic rings. The van der Waals surface area contributed by atoms with Crippen LogP contribution < -0.4 is 4.74 Å². The van der Waals surface area contributed by atoms with E-state index in [1.165, 1.54) is 30.5 Å². The van der Waals surface area contributed by atoms with Crippen molar-refractivity contribution in [1.82, 2.24) is 19.5 Å². The van der Waals surface area contributed by atoms with Gasteiger partial charge in [-0.15, -0.1) is 0 Å². The lowest BCUT2D eigenvalue weighted by atomic mass is 10.2. The minimum Gasteiger partial charge on any atom is -0.487 e. The highest BCUT2D eigenvalue weighted by Gasteiger charge is 2.37. The van der Waals surface area contributed by atoms with Gasteiger partial charge in [0.1, 0.15) is 30.6 Å². The van der Waals surface area contributed by atoms with Gasteiger partial charge in [-0.1, -0.05) is 12.1 Å². The molecule has 0 radical (unpaired) electrons. The Hall–Kier alpha value is -4.45. The molecule has 1 atom stereocenters. The van der Waals surface area contributed by atoms with Gasteiger partial charge in [-0.3, -0.25) is 0 Å². The van der Waals surface area contributed by atoms with E-state index in [2.05, 4.69) is 15.0 Å². The van der Waals surface area contributed by atoms with Gasteiger partial charge in [-0.2, -0.15) is 13.2 Å². The van der Waals surface area contributed by atoms with Gasteiger partial charge in [0.05, 0.1) is 18.6 Å². The van der Waals surface area contributed by atoms with Gasteiger partial charge in [0, 0.05) is 28.9 Å². The molecule has 0 bridgehead atoms. The molecule has 0 fully saturated rings. The van der Waals surface area contributed by atoms with Crippen molar-refractivity contribution in [2.24, 2.45) is 0 Å². The van der Waals surface area contributed by atoms with Crippen molar-refractivity contribution in [2.45, 2.75) is 23.6 Å². The Labute approximate surface area is 216 Å². The number of oxazole rings is 2.